The SMILES string of the molecule is CNc1cc(-c2cccc(CN(C(=O)Nc3ccc(OC(F)(F)F)cc3)C(C)C)c2)ncn1. The first-order chi connectivity index (χ1) is 15.6. The molecule has 3 aromatic rings. The van der Waals surface area contributed by atoms with Crippen LogP contribution in [-0.2, 0) is 6.54 Å². The fourth-order valence-electron chi connectivity index (χ4n) is 3.10. The van der Waals surface area contributed by atoms with Gasteiger partial charge in [-0.2, -0.15) is 0 Å². The molecule has 0 aliphatic carbocycles. The van der Waals surface area contributed by atoms with Crippen LogP contribution in [0, 0.1) is 0 Å². The fourth-order valence-corrected chi connectivity index (χ4v) is 3.10. The van der Waals surface area contributed by atoms with Crippen molar-refractivity contribution in [2.45, 2.75) is 32.8 Å². The summed E-state index contributed by atoms with van der Waals surface area (Å²) in [6.45, 7) is 4.09. The van der Waals surface area contributed by atoms with E-state index in [2.05, 4.69) is 25.3 Å². The average molecular weight is 459 g/mol. The number of hydrogen-bond acceptors (Lipinski definition) is 5. The summed E-state index contributed by atoms with van der Waals surface area (Å²) in [5.74, 6) is 0.337. The highest BCUT2D eigenvalue weighted by atomic mass is 19.4. The topological polar surface area (TPSA) is 79.4 Å². The molecular weight excluding hydrogens is 435 g/mol. The molecular formula is C23H24F3N5O2. The Balaban J connectivity index is 1.72. The Hall–Kier alpha value is -3.82. The van der Waals surface area contributed by atoms with Gasteiger partial charge in [-0.1, -0.05) is 18.2 Å². The van der Waals surface area contributed by atoms with E-state index in [1.165, 1.54) is 18.5 Å². The molecule has 33 heavy (non-hydrogen) atoms. The van der Waals surface area contributed by atoms with Crippen LogP contribution in [-0.4, -0.2) is 40.4 Å². The molecule has 2 N–H and O–H groups in total. The number of amides is 2. The number of nitrogens with zero attached hydrogens (tertiary/aromatic N) is 3. The number of urea groups is 1. The summed E-state index contributed by atoms with van der Waals surface area (Å²) in [5.41, 5.74) is 2.89. The van der Waals surface area contributed by atoms with E-state index in [9.17, 15) is 18.0 Å². The highest BCUT2D eigenvalue weighted by Crippen LogP contribution is 2.25. The smallest absolute Gasteiger partial charge is 0.406 e. The van der Waals surface area contributed by atoms with Gasteiger partial charge >= 0.3 is 12.4 Å². The van der Waals surface area contributed by atoms with Gasteiger partial charge < -0.3 is 20.3 Å². The number of carbonyl (C=O) groups excluding carboxylic acids is 1. The normalized spacial score (nSPS) is 11.2. The number of benzene rings is 2. The number of nitrogens with one attached hydrogen (secondary N) is 2. The molecule has 0 saturated carbocycles. The van der Waals surface area contributed by atoms with Crippen LogP contribution in [0.4, 0.5) is 29.5 Å². The van der Waals surface area contributed by atoms with Crippen LogP contribution in [0.5, 0.6) is 5.75 Å². The van der Waals surface area contributed by atoms with Crippen molar-refractivity contribution in [2.24, 2.45) is 0 Å². The second-order valence-electron chi connectivity index (χ2n) is 7.46. The van der Waals surface area contributed by atoms with E-state index in [1.807, 2.05) is 44.2 Å². The van der Waals surface area contributed by atoms with Gasteiger partial charge in [0.25, 0.3) is 0 Å². The van der Waals surface area contributed by atoms with E-state index >= 15 is 0 Å². The standard InChI is InChI=1S/C23H24F3N5O2/c1-15(2)31(22(32)30-18-7-9-19(10-8-18)33-23(24,25)26)13-16-5-4-6-17(11-16)20-12-21(27-3)29-14-28-20/h4-12,14-15H,13H2,1-3H3,(H,30,32)(H,27,28,29). The first-order valence-electron chi connectivity index (χ1n) is 10.2. The predicted molar refractivity (Wildman–Crippen MR) is 120 cm³/mol. The van der Waals surface area contributed by atoms with E-state index in [-0.39, 0.29) is 17.8 Å². The Morgan fingerprint density at radius 2 is 1.82 bits per heavy atom. The predicted octanol–water partition coefficient (Wildman–Crippen LogP) is 5.53. The molecule has 0 spiro atoms. The Morgan fingerprint density at radius 1 is 1.09 bits per heavy atom. The summed E-state index contributed by atoms with van der Waals surface area (Å²) in [5, 5.41) is 5.69. The molecule has 0 aliphatic rings. The Bertz CT molecular complexity index is 1090. The van der Waals surface area contributed by atoms with Gasteiger partial charge in [0.1, 0.15) is 17.9 Å². The molecule has 1 aromatic heterocycles. The van der Waals surface area contributed by atoms with E-state index in [4.69, 9.17) is 0 Å². The van der Waals surface area contributed by atoms with Gasteiger partial charge in [0, 0.05) is 37.0 Å². The lowest BCUT2D eigenvalue weighted by Crippen LogP contribution is -2.39. The molecule has 0 radical (unpaired) electrons. The highest BCUT2D eigenvalue weighted by Gasteiger charge is 2.31. The van der Waals surface area contributed by atoms with Crippen molar-refractivity contribution in [3.05, 3.63) is 66.5 Å². The van der Waals surface area contributed by atoms with Crippen molar-refractivity contribution >= 4 is 17.5 Å². The van der Waals surface area contributed by atoms with Crippen molar-refractivity contribution in [1.82, 2.24) is 14.9 Å². The lowest BCUT2D eigenvalue weighted by molar-refractivity contribution is -0.274. The van der Waals surface area contributed by atoms with Crippen LogP contribution in [0.2, 0.25) is 0 Å². The third-order valence-corrected chi connectivity index (χ3v) is 4.72. The van der Waals surface area contributed by atoms with Crippen LogP contribution in [0.25, 0.3) is 11.3 Å². The Kier molecular flexibility index (Phi) is 7.37. The van der Waals surface area contributed by atoms with Gasteiger partial charge in [-0.05, 0) is 49.7 Å². The molecule has 10 heteroatoms. The Labute approximate surface area is 189 Å². The number of anilines is 2. The Morgan fingerprint density at radius 3 is 2.45 bits per heavy atom. The number of rotatable bonds is 7. The number of ether oxygens (including phenoxy) is 1. The van der Waals surface area contributed by atoms with E-state index in [1.54, 1.807) is 11.9 Å². The minimum atomic E-state index is -4.77. The summed E-state index contributed by atoms with van der Waals surface area (Å²) >= 11 is 0. The molecule has 0 bridgehead atoms. The van der Waals surface area contributed by atoms with Gasteiger partial charge in [-0.3, -0.25) is 0 Å². The summed E-state index contributed by atoms with van der Waals surface area (Å²) in [6.07, 6.45) is -3.29. The molecule has 0 fully saturated rings. The first-order valence-corrected chi connectivity index (χ1v) is 10.2. The molecule has 3 rings (SSSR count). The molecule has 174 valence electrons. The third-order valence-electron chi connectivity index (χ3n) is 4.72. The largest absolute Gasteiger partial charge is 0.573 e. The van der Waals surface area contributed by atoms with E-state index in [0.717, 1.165) is 29.0 Å². The van der Waals surface area contributed by atoms with Crippen molar-refractivity contribution in [3.8, 4) is 17.0 Å². The van der Waals surface area contributed by atoms with Gasteiger partial charge in [0.05, 0.1) is 5.69 Å². The van der Waals surface area contributed by atoms with Gasteiger partial charge in [0.2, 0.25) is 0 Å². The van der Waals surface area contributed by atoms with Crippen LogP contribution >= 0.6 is 0 Å². The minimum Gasteiger partial charge on any atom is -0.406 e. The lowest BCUT2D eigenvalue weighted by Gasteiger charge is -2.27. The number of hydrogen-bond donors (Lipinski definition) is 2. The summed E-state index contributed by atoms with van der Waals surface area (Å²) in [4.78, 5) is 22.9. The molecule has 0 unspecified atom stereocenters. The van der Waals surface area contributed by atoms with Crippen LogP contribution < -0.4 is 15.4 Å². The second-order valence-corrected chi connectivity index (χ2v) is 7.46. The average Bonchev–Trinajstić information content (AvgIpc) is 2.78. The second kappa shape index (κ2) is 10.2. The van der Waals surface area contributed by atoms with Crippen LogP contribution in [0.15, 0.2) is 60.9 Å². The summed E-state index contributed by atoms with van der Waals surface area (Å²) in [6, 6.07) is 14.0. The molecule has 2 aromatic carbocycles. The minimum absolute atomic E-state index is 0.128. The van der Waals surface area contributed by atoms with Gasteiger partial charge in [0.15, 0.2) is 0 Å². The molecule has 2 amide bonds. The number of halogens is 3. The van der Waals surface area contributed by atoms with Crippen molar-refractivity contribution in [2.75, 3.05) is 17.7 Å². The van der Waals surface area contributed by atoms with E-state index in [0.29, 0.717) is 18.1 Å². The molecule has 7 nitrogen and oxygen atoms in total. The lowest BCUT2D eigenvalue weighted by atomic mass is 10.1. The number of carbonyl (C=O) groups is 1. The first kappa shape index (κ1) is 23.8. The van der Waals surface area contributed by atoms with E-state index < -0.39 is 6.36 Å². The zero-order valence-corrected chi connectivity index (χ0v) is 18.3. The maximum atomic E-state index is 12.9. The zero-order valence-electron chi connectivity index (χ0n) is 18.3. The summed E-state index contributed by atoms with van der Waals surface area (Å²) < 4.78 is 40.8. The monoisotopic (exact) mass is 459 g/mol. The highest BCUT2D eigenvalue weighted by molar-refractivity contribution is 5.89. The maximum absolute atomic E-state index is 12.9. The van der Waals surface area contributed by atoms with Crippen LogP contribution in [0.3, 0.4) is 0 Å². The third kappa shape index (κ3) is 6.83. The summed E-state index contributed by atoms with van der Waals surface area (Å²) in [7, 11) is 1.78. The fraction of sp³-hybridized carbons (Fsp3) is 0.261. The molecule has 0 saturated heterocycles. The number of aromatic nitrogens is 2. The van der Waals surface area contributed by atoms with Crippen molar-refractivity contribution in [3.63, 3.8) is 0 Å². The van der Waals surface area contributed by atoms with Crippen LogP contribution in [0.1, 0.15) is 19.4 Å². The molecule has 0 atom stereocenters. The van der Waals surface area contributed by atoms with Crippen molar-refractivity contribution in [1.29, 1.82) is 0 Å². The maximum Gasteiger partial charge on any atom is 0.573 e. The van der Waals surface area contributed by atoms with Crippen molar-refractivity contribution < 1.29 is 22.7 Å². The molecule has 1 heterocycles. The molecule has 0 aliphatic heterocycles. The van der Waals surface area contributed by atoms with Gasteiger partial charge in [-0.15, -0.1) is 13.2 Å². The van der Waals surface area contributed by atoms with Gasteiger partial charge in [-0.25, -0.2) is 14.8 Å². The number of alkyl halides is 3. The quantitative estimate of drug-likeness (QED) is 0.486. The zero-order chi connectivity index (χ0) is 24.0.